The van der Waals surface area contributed by atoms with E-state index in [-0.39, 0.29) is 16.6 Å². The summed E-state index contributed by atoms with van der Waals surface area (Å²) in [5.41, 5.74) is 1.49. The van der Waals surface area contributed by atoms with Crippen molar-refractivity contribution in [2.75, 3.05) is 10.5 Å². The van der Waals surface area contributed by atoms with Crippen molar-refractivity contribution in [2.45, 2.75) is 31.6 Å². The summed E-state index contributed by atoms with van der Waals surface area (Å²) in [5.74, 6) is 0.358. The van der Waals surface area contributed by atoms with E-state index in [2.05, 4.69) is 4.72 Å². The Kier molecular flexibility index (Phi) is 4.05. The number of hydrogen-bond acceptors (Lipinski definition) is 4. The highest BCUT2D eigenvalue weighted by Crippen LogP contribution is 2.32. The first kappa shape index (κ1) is 15.6. The SMILES string of the molecule is Cc1cc(S(=O)(=O)Cl)cc(C)c1NS(=O)(=O)CC1CC1. The summed E-state index contributed by atoms with van der Waals surface area (Å²) < 4.78 is 49.1. The van der Waals surface area contributed by atoms with E-state index in [0.29, 0.717) is 16.8 Å². The van der Waals surface area contributed by atoms with Crippen LogP contribution < -0.4 is 4.72 Å². The molecule has 0 heterocycles. The zero-order valence-electron chi connectivity index (χ0n) is 11.2. The van der Waals surface area contributed by atoms with Crippen LogP contribution in [-0.4, -0.2) is 22.6 Å². The fourth-order valence-electron chi connectivity index (χ4n) is 2.02. The monoisotopic (exact) mass is 337 g/mol. The number of benzene rings is 1. The standard InChI is InChI=1S/C12H16ClNO4S2/c1-8-5-11(20(13,17)18)6-9(2)12(8)14-19(15,16)7-10-3-4-10/h5-6,10,14H,3-4,7H2,1-2H3. The summed E-state index contributed by atoms with van der Waals surface area (Å²) in [7, 11) is -1.92. The maximum absolute atomic E-state index is 12.0. The van der Waals surface area contributed by atoms with Gasteiger partial charge in [-0.1, -0.05) is 0 Å². The first-order chi connectivity index (χ1) is 9.08. The van der Waals surface area contributed by atoms with Crippen molar-refractivity contribution >= 4 is 35.4 Å². The molecule has 2 rings (SSSR count). The molecule has 0 bridgehead atoms. The molecule has 20 heavy (non-hydrogen) atoms. The fraction of sp³-hybridized carbons (Fsp3) is 0.500. The highest BCUT2D eigenvalue weighted by atomic mass is 35.7. The Morgan fingerprint density at radius 3 is 2.05 bits per heavy atom. The van der Waals surface area contributed by atoms with Crippen LogP contribution in [0, 0.1) is 19.8 Å². The van der Waals surface area contributed by atoms with E-state index < -0.39 is 19.1 Å². The van der Waals surface area contributed by atoms with Gasteiger partial charge in [0.05, 0.1) is 16.3 Å². The topological polar surface area (TPSA) is 80.3 Å². The lowest BCUT2D eigenvalue weighted by Gasteiger charge is -2.14. The fourth-order valence-corrected chi connectivity index (χ4v) is 4.59. The molecule has 5 nitrogen and oxygen atoms in total. The van der Waals surface area contributed by atoms with Gasteiger partial charge >= 0.3 is 0 Å². The highest BCUT2D eigenvalue weighted by Gasteiger charge is 2.28. The second-order valence-corrected chi connectivity index (χ2v) is 9.53. The van der Waals surface area contributed by atoms with Crippen molar-refractivity contribution in [3.8, 4) is 0 Å². The lowest BCUT2D eigenvalue weighted by molar-refractivity contribution is 0.597. The minimum Gasteiger partial charge on any atom is -0.283 e. The van der Waals surface area contributed by atoms with Crippen molar-refractivity contribution in [2.24, 2.45) is 5.92 Å². The summed E-state index contributed by atoms with van der Waals surface area (Å²) in [5, 5.41) is 0. The predicted octanol–water partition coefficient (Wildman–Crippen LogP) is 2.38. The Balaban J connectivity index is 2.33. The van der Waals surface area contributed by atoms with Gasteiger partial charge in [0.25, 0.3) is 9.05 Å². The van der Waals surface area contributed by atoms with Crippen molar-refractivity contribution in [1.82, 2.24) is 0 Å². The van der Waals surface area contributed by atoms with Crippen molar-refractivity contribution in [3.05, 3.63) is 23.3 Å². The Labute approximate surface area is 123 Å². The lowest BCUT2D eigenvalue weighted by Crippen LogP contribution is -2.19. The Morgan fingerprint density at radius 2 is 1.65 bits per heavy atom. The molecule has 0 aliphatic heterocycles. The third-order valence-electron chi connectivity index (χ3n) is 3.20. The normalized spacial score (nSPS) is 16.1. The summed E-state index contributed by atoms with van der Waals surface area (Å²) in [6, 6.07) is 2.73. The molecule has 0 saturated heterocycles. The van der Waals surface area contributed by atoms with Gasteiger partial charge in [-0.15, -0.1) is 0 Å². The summed E-state index contributed by atoms with van der Waals surface area (Å²) in [6.07, 6.45) is 1.89. The maximum atomic E-state index is 12.0. The van der Waals surface area contributed by atoms with Gasteiger partial charge in [-0.2, -0.15) is 0 Å². The van der Waals surface area contributed by atoms with E-state index in [1.54, 1.807) is 13.8 Å². The van der Waals surface area contributed by atoms with Gasteiger partial charge in [-0.05, 0) is 55.9 Å². The van der Waals surface area contributed by atoms with Gasteiger partial charge in [-0.3, -0.25) is 4.72 Å². The molecule has 1 aromatic rings. The number of halogens is 1. The van der Waals surface area contributed by atoms with Crippen molar-refractivity contribution in [1.29, 1.82) is 0 Å². The van der Waals surface area contributed by atoms with E-state index in [1.165, 1.54) is 12.1 Å². The van der Waals surface area contributed by atoms with Crippen molar-refractivity contribution in [3.63, 3.8) is 0 Å². The Hall–Kier alpha value is -0.790. The molecule has 0 unspecified atom stereocenters. The van der Waals surface area contributed by atoms with Crippen LogP contribution in [0.4, 0.5) is 5.69 Å². The van der Waals surface area contributed by atoms with Crippen LogP contribution >= 0.6 is 10.7 Å². The van der Waals surface area contributed by atoms with Gasteiger partial charge in [0.2, 0.25) is 10.0 Å². The summed E-state index contributed by atoms with van der Waals surface area (Å²) >= 11 is 0. The Bertz CT molecular complexity index is 714. The van der Waals surface area contributed by atoms with Crippen LogP contribution in [0.2, 0.25) is 0 Å². The molecule has 1 aromatic carbocycles. The second kappa shape index (κ2) is 5.20. The largest absolute Gasteiger partial charge is 0.283 e. The zero-order valence-corrected chi connectivity index (χ0v) is 13.6. The number of rotatable bonds is 5. The highest BCUT2D eigenvalue weighted by molar-refractivity contribution is 8.13. The third kappa shape index (κ3) is 3.86. The Morgan fingerprint density at radius 1 is 1.15 bits per heavy atom. The van der Waals surface area contributed by atoms with Gasteiger partial charge < -0.3 is 0 Å². The van der Waals surface area contributed by atoms with Crippen LogP contribution in [0.15, 0.2) is 17.0 Å². The van der Waals surface area contributed by atoms with Crippen LogP contribution in [-0.2, 0) is 19.1 Å². The molecule has 0 atom stereocenters. The first-order valence-corrected chi connectivity index (χ1v) is 10.1. The van der Waals surface area contributed by atoms with Gasteiger partial charge in [0.1, 0.15) is 0 Å². The second-order valence-electron chi connectivity index (χ2n) is 5.20. The van der Waals surface area contributed by atoms with Crippen LogP contribution in [0.3, 0.4) is 0 Å². The number of aryl methyl sites for hydroxylation is 2. The van der Waals surface area contributed by atoms with Crippen LogP contribution in [0.25, 0.3) is 0 Å². The molecule has 0 radical (unpaired) electrons. The number of sulfonamides is 1. The minimum atomic E-state index is -3.82. The van der Waals surface area contributed by atoms with E-state index >= 15 is 0 Å². The molecule has 0 amide bonds. The van der Waals surface area contributed by atoms with Crippen LogP contribution in [0.5, 0.6) is 0 Å². The lowest BCUT2D eigenvalue weighted by atomic mass is 10.1. The smallest absolute Gasteiger partial charge is 0.261 e. The molecule has 1 fully saturated rings. The molecular weight excluding hydrogens is 322 g/mol. The first-order valence-electron chi connectivity index (χ1n) is 6.15. The zero-order chi connectivity index (χ0) is 15.1. The van der Waals surface area contributed by atoms with Gasteiger partial charge in [0, 0.05) is 10.7 Å². The molecule has 1 aliphatic rings. The quantitative estimate of drug-likeness (QED) is 0.836. The van der Waals surface area contributed by atoms with Crippen molar-refractivity contribution < 1.29 is 16.8 Å². The summed E-state index contributed by atoms with van der Waals surface area (Å²) in [4.78, 5) is -0.0284. The predicted molar refractivity (Wildman–Crippen MR) is 79.1 cm³/mol. The molecular formula is C12H16ClNO4S2. The average Bonchev–Trinajstić information content (AvgIpc) is 3.05. The third-order valence-corrected chi connectivity index (χ3v) is 5.96. The van der Waals surface area contributed by atoms with Gasteiger partial charge in [0.15, 0.2) is 0 Å². The number of hydrogen-bond donors (Lipinski definition) is 1. The van der Waals surface area contributed by atoms with E-state index in [1.807, 2.05) is 0 Å². The molecule has 0 spiro atoms. The summed E-state index contributed by atoms with van der Waals surface area (Å²) in [6.45, 7) is 3.29. The van der Waals surface area contributed by atoms with Gasteiger partial charge in [-0.25, -0.2) is 16.8 Å². The van der Waals surface area contributed by atoms with E-state index in [9.17, 15) is 16.8 Å². The molecule has 1 N–H and O–H groups in total. The maximum Gasteiger partial charge on any atom is 0.261 e. The number of anilines is 1. The number of nitrogens with one attached hydrogen (secondary N) is 1. The van der Waals surface area contributed by atoms with Crippen LogP contribution in [0.1, 0.15) is 24.0 Å². The molecule has 8 heteroatoms. The molecule has 1 saturated carbocycles. The van der Waals surface area contributed by atoms with E-state index in [4.69, 9.17) is 10.7 Å². The molecule has 1 aliphatic carbocycles. The average molecular weight is 338 g/mol. The molecule has 112 valence electrons. The molecule has 0 aromatic heterocycles. The van der Waals surface area contributed by atoms with E-state index in [0.717, 1.165) is 12.8 Å². The minimum absolute atomic E-state index is 0.0284.